The highest BCUT2D eigenvalue weighted by molar-refractivity contribution is 9.16. The predicted molar refractivity (Wildman–Crippen MR) is 59.8 cm³/mol. The lowest BCUT2D eigenvalue weighted by molar-refractivity contribution is -0.114. The summed E-state index contributed by atoms with van der Waals surface area (Å²) in [5, 5.41) is 0. The molecule has 2 nitrogen and oxygen atoms in total. The quantitative estimate of drug-likeness (QED) is 0.561. The highest BCUT2D eigenvalue weighted by atomic mass is 79.9. The second kappa shape index (κ2) is 3.86. The monoisotopic (exact) mass is 420 g/mol. The van der Waals surface area contributed by atoms with Gasteiger partial charge in [0.2, 0.25) is 11.6 Å². The van der Waals surface area contributed by atoms with E-state index in [1.54, 1.807) is 0 Å². The Hall–Kier alpha value is 0.740. The van der Waals surface area contributed by atoms with Gasteiger partial charge in [-0.05, 0) is 63.7 Å². The molecule has 64 valence electrons. The molecule has 0 heterocycles. The molecule has 0 amide bonds. The Kier molecular flexibility index (Phi) is 3.48. The highest BCUT2D eigenvalue weighted by Crippen LogP contribution is 2.36. The third kappa shape index (κ3) is 1.66. The summed E-state index contributed by atoms with van der Waals surface area (Å²) >= 11 is 12.0. The standard InChI is InChI=1S/C6Br4O2/c7-1-2(8)6(12)4(10)3(9)5(1)11. The van der Waals surface area contributed by atoms with Gasteiger partial charge in [-0.15, -0.1) is 0 Å². The summed E-state index contributed by atoms with van der Waals surface area (Å²) in [6, 6.07) is 0. The molecule has 0 N–H and O–H groups in total. The van der Waals surface area contributed by atoms with Crippen molar-refractivity contribution >= 4 is 75.3 Å². The number of hydrogen-bond acceptors (Lipinski definition) is 2. The van der Waals surface area contributed by atoms with E-state index in [-0.39, 0.29) is 29.5 Å². The maximum absolute atomic E-state index is 11.3. The lowest BCUT2D eigenvalue weighted by atomic mass is 10.2. The van der Waals surface area contributed by atoms with E-state index in [9.17, 15) is 9.59 Å². The van der Waals surface area contributed by atoms with Crippen molar-refractivity contribution in [1.82, 2.24) is 0 Å². The molecule has 0 aliphatic heterocycles. The van der Waals surface area contributed by atoms with Crippen molar-refractivity contribution in [3.05, 3.63) is 17.9 Å². The van der Waals surface area contributed by atoms with Crippen LogP contribution in [0, 0.1) is 0 Å². The fourth-order valence-corrected chi connectivity index (χ4v) is 2.64. The summed E-state index contributed by atoms with van der Waals surface area (Å²) in [6.45, 7) is 0. The summed E-state index contributed by atoms with van der Waals surface area (Å²) in [5.74, 6) is -0.512. The Bertz CT molecular complexity index is 277. The topological polar surface area (TPSA) is 34.1 Å². The van der Waals surface area contributed by atoms with Gasteiger partial charge in [-0.1, -0.05) is 0 Å². The second-order valence-electron chi connectivity index (χ2n) is 1.91. The highest BCUT2D eigenvalue weighted by Gasteiger charge is 2.29. The van der Waals surface area contributed by atoms with Crippen LogP contribution in [0.15, 0.2) is 17.9 Å². The van der Waals surface area contributed by atoms with Gasteiger partial charge < -0.3 is 0 Å². The molecule has 1 aliphatic rings. The van der Waals surface area contributed by atoms with Crippen LogP contribution in [-0.2, 0) is 9.59 Å². The number of halogens is 4. The Morgan fingerprint density at radius 3 is 0.917 bits per heavy atom. The molecular formula is C6Br4O2. The summed E-state index contributed by atoms with van der Waals surface area (Å²) in [6.07, 6.45) is 0. The van der Waals surface area contributed by atoms with Crippen molar-refractivity contribution in [3.8, 4) is 0 Å². The lowest BCUT2D eigenvalue weighted by Crippen LogP contribution is -2.13. The number of ketones is 2. The normalized spacial score (nSPS) is 19.3. The summed E-state index contributed by atoms with van der Waals surface area (Å²) < 4.78 is 0.954. The third-order valence-corrected chi connectivity index (χ3v) is 5.27. The molecule has 1 aliphatic carbocycles. The molecule has 0 aromatic carbocycles. The van der Waals surface area contributed by atoms with Gasteiger partial charge in [-0.25, -0.2) is 0 Å². The van der Waals surface area contributed by atoms with Crippen LogP contribution >= 0.6 is 63.7 Å². The molecule has 0 spiro atoms. The molecule has 0 radical (unpaired) electrons. The minimum absolute atomic E-state index is 0.238. The van der Waals surface area contributed by atoms with Crippen LogP contribution in [-0.4, -0.2) is 11.6 Å². The van der Waals surface area contributed by atoms with Crippen molar-refractivity contribution in [2.75, 3.05) is 0 Å². The fourth-order valence-electron chi connectivity index (χ4n) is 0.591. The first-order valence-corrected chi connectivity index (χ1v) is 5.84. The Morgan fingerprint density at radius 1 is 0.583 bits per heavy atom. The molecule has 1 rings (SSSR count). The lowest BCUT2D eigenvalue weighted by Gasteiger charge is -2.09. The van der Waals surface area contributed by atoms with Crippen molar-refractivity contribution in [1.29, 1.82) is 0 Å². The van der Waals surface area contributed by atoms with Gasteiger partial charge in [0.25, 0.3) is 0 Å². The van der Waals surface area contributed by atoms with Crippen molar-refractivity contribution in [3.63, 3.8) is 0 Å². The number of hydrogen-bond donors (Lipinski definition) is 0. The summed E-state index contributed by atoms with van der Waals surface area (Å²) in [7, 11) is 0. The van der Waals surface area contributed by atoms with Crippen LogP contribution in [0.5, 0.6) is 0 Å². The zero-order valence-electron chi connectivity index (χ0n) is 5.33. The van der Waals surface area contributed by atoms with E-state index in [1.165, 1.54) is 0 Å². The zero-order chi connectivity index (χ0) is 9.46. The molecule has 0 aromatic rings. The van der Waals surface area contributed by atoms with Gasteiger partial charge >= 0.3 is 0 Å². The first-order chi connectivity index (χ1) is 5.46. The number of carbonyl (C=O) groups excluding carboxylic acids is 2. The van der Waals surface area contributed by atoms with E-state index >= 15 is 0 Å². The van der Waals surface area contributed by atoms with Gasteiger partial charge in [0.15, 0.2) is 0 Å². The van der Waals surface area contributed by atoms with Crippen molar-refractivity contribution < 1.29 is 9.59 Å². The molecule has 0 aromatic heterocycles. The number of carbonyl (C=O) groups is 2. The molecule has 0 saturated heterocycles. The molecule has 0 saturated carbocycles. The third-order valence-electron chi connectivity index (χ3n) is 1.18. The van der Waals surface area contributed by atoms with Crippen LogP contribution in [0.3, 0.4) is 0 Å². The smallest absolute Gasteiger partial charge is 0.209 e. The minimum atomic E-state index is -0.256. The molecule has 0 fully saturated rings. The molecule has 0 bridgehead atoms. The van der Waals surface area contributed by atoms with Gasteiger partial charge in [-0.3, -0.25) is 9.59 Å². The van der Waals surface area contributed by atoms with E-state index in [4.69, 9.17) is 0 Å². The van der Waals surface area contributed by atoms with Crippen molar-refractivity contribution in [2.45, 2.75) is 0 Å². The first-order valence-electron chi connectivity index (χ1n) is 2.66. The van der Waals surface area contributed by atoms with Gasteiger partial charge in [0.05, 0.1) is 17.9 Å². The number of rotatable bonds is 0. The Balaban J connectivity index is 3.32. The molecule has 0 atom stereocenters. The van der Waals surface area contributed by atoms with Gasteiger partial charge in [0.1, 0.15) is 0 Å². The average molecular weight is 424 g/mol. The van der Waals surface area contributed by atoms with Crippen LogP contribution in [0.4, 0.5) is 0 Å². The van der Waals surface area contributed by atoms with Crippen LogP contribution < -0.4 is 0 Å². The molecular weight excluding hydrogens is 424 g/mol. The summed E-state index contributed by atoms with van der Waals surface area (Å²) in [5.41, 5.74) is 0. The predicted octanol–water partition coefficient (Wildman–Crippen LogP) is 3.14. The number of allylic oxidation sites excluding steroid dienone is 4. The van der Waals surface area contributed by atoms with E-state index in [0.717, 1.165) is 0 Å². The SMILES string of the molecule is O=C1C(Br)=C(Br)C(=O)C(Br)=C1Br. The van der Waals surface area contributed by atoms with Crippen LogP contribution in [0.1, 0.15) is 0 Å². The maximum atomic E-state index is 11.3. The Morgan fingerprint density at radius 2 is 0.750 bits per heavy atom. The van der Waals surface area contributed by atoms with Crippen LogP contribution in [0.25, 0.3) is 0 Å². The van der Waals surface area contributed by atoms with Crippen molar-refractivity contribution in [2.24, 2.45) is 0 Å². The molecule has 0 unspecified atom stereocenters. The fraction of sp³-hybridized carbons (Fsp3) is 0. The number of Topliss-reactive ketones (excluding diaryl/α,β-unsaturated/α-hetero) is 2. The Labute approximate surface area is 102 Å². The van der Waals surface area contributed by atoms with E-state index in [0.29, 0.717) is 0 Å². The summed E-state index contributed by atoms with van der Waals surface area (Å²) in [4.78, 5) is 22.5. The molecule has 6 heteroatoms. The maximum Gasteiger partial charge on any atom is 0.209 e. The average Bonchev–Trinajstić information content (AvgIpc) is 2.08. The first kappa shape index (κ1) is 10.8. The largest absolute Gasteiger partial charge is 0.287 e. The zero-order valence-corrected chi connectivity index (χ0v) is 11.7. The van der Waals surface area contributed by atoms with E-state index in [1.807, 2.05) is 0 Å². The van der Waals surface area contributed by atoms with E-state index in [2.05, 4.69) is 63.7 Å². The van der Waals surface area contributed by atoms with Gasteiger partial charge in [-0.2, -0.15) is 0 Å². The minimum Gasteiger partial charge on any atom is -0.287 e. The van der Waals surface area contributed by atoms with Gasteiger partial charge in [0, 0.05) is 0 Å². The van der Waals surface area contributed by atoms with Crippen LogP contribution in [0.2, 0.25) is 0 Å². The van der Waals surface area contributed by atoms with E-state index < -0.39 is 0 Å². The second-order valence-corrected chi connectivity index (χ2v) is 5.09. The molecule has 12 heavy (non-hydrogen) atoms.